The molecule has 0 radical (unpaired) electrons. The maximum absolute atomic E-state index is 3.54. The van der Waals surface area contributed by atoms with Crippen molar-refractivity contribution in [3.8, 4) is 0 Å². The van der Waals surface area contributed by atoms with Crippen molar-refractivity contribution in [1.29, 1.82) is 0 Å². The maximum Gasteiger partial charge on any atom is 0.00965 e. The van der Waals surface area contributed by atoms with Crippen LogP contribution in [-0.2, 0) is 6.42 Å². The van der Waals surface area contributed by atoms with Crippen LogP contribution in [0.3, 0.4) is 0 Å². The van der Waals surface area contributed by atoms with Gasteiger partial charge in [-0.25, -0.2) is 0 Å². The molecule has 0 aliphatic heterocycles. The summed E-state index contributed by atoms with van der Waals surface area (Å²) in [5, 5.41) is 3.54. The van der Waals surface area contributed by atoms with E-state index in [0.29, 0.717) is 0 Å². The van der Waals surface area contributed by atoms with Crippen LogP contribution in [0.2, 0.25) is 0 Å². The third-order valence-corrected chi connectivity index (χ3v) is 3.21. The highest BCUT2D eigenvalue weighted by atomic mass is 14.9. The van der Waals surface area contributed by atoms with Crippen LogP contribution in [0.1, 0.15) is 44.7 Å². The number of allylic oxidation sites excluding steroid dienone is 2. The summed E-state index contributed by atoms with van der Waals surface area (Å²) < 4.78 is 0. The predicted molar refractivity (Wildman–Crippen MR) is 75.1 cm³/mol. The first-order valence-corrected chi connectivity index (χ1v) is 6.58. The van der Waals surface area contributed by atoms with Crippen molar-refractivity contribution in [3.63, 3.8) is 0 Å². The molecular weight excluding hydrogens is 206 g/mol. The second-order valence-electron chi connectivity index (χ2n) is 5.87. The summed E-state index contributed by atoms with van der Waals surface area (Å²) in [6.45, 7) is 7.76. The van der Waals surface area contributed by atoms with E-state index in [0.717, 1.165) is 13.0 Å². The zero-order chi connectivity index (χ0) is 12.3. The normalized spacial score (nSPS) is 14.6. The molecule has 0 unspecified atom stereocenters. The molecule has 17 heavy (non-hydrogen) atoms. The van der Waals surface area contributed by atoms with E-state index in [1.54, 1.807) is 0 Å². The number of nitrogens with one attached hydrogen (secondary N) is 1. The third kappa shape index (κ3) is 3.44. The van der Waals surface area contributed by atoms with Crippen molar-refractivity contribution in [3.05, 3.63) is 41.5 Å². The summed E-state index contributed by atoms with van der Waals surface area (Å²) in [5.74, 6) is 0. The minimum Gasteiger partial charge on any atom is -0.312 e. The van der Waals surface area contributed by atoms with Crippen molar-refractivity contribution in [2.75, 3.05) is 6.54 Å². The summed E-state index contributed by atoms with van der Waals surface area (Å²) >= 11 is 0. The lowest BCUT2D eigenvalue weighted by Gasteiger charge is -2.20. The molecule has 1 heteroatoms. The number of benzene rings is 1. The number of rotatable bonds is 4. The molecule has 92 valence electrons. The number of hydrogen-bond donors (Lipinski definition) is 1. The molecule has 0 spiro atoms. The van der Waals surface area contributed by atoms with Gasteiger partial charge < -0.3 is 5.32 Å². The quantitative estimate of drug-likeness (QED) is 0.774. The molecule has 0 saturated carbocycles. The van der Waals surface area contributed by atoms with Gasteiger partial charge in [0.1, 0.15) is 0 Å². The van der Waals surface area contributed by atoms with Gasteiger partial charge in [0, 0.05) is 5.54 Å². The summed E-state index contributed by atoms with van der Waals surface area (Å²) in [7, 11) is 0. The van der Waals surface area contributed by atoms with E-state index in [1.165, 1.54) is 29.5 Å². The molecule has 0 saturated heterocycles. The Balaban J connectivity index is 1.82. The third-order valence-electron chi connectivity index (χ3n) is 3.21. The average molecular weight is 229 g/mol. The predicted octanol–water partition coefficient (Wildman–Crippen LogP) is 3.79. The minimum atomic E-state index is 0.238. The van der Waals surface area contributed by atoms with Crippen LogP contribution in [0.15, 0.2) is 30.3 Å². The summed E-state index contributed by atoms with van der Waals surface area (Å²) in [6, 6.07) is 8.78. The lowest BCUT2D eigenvalue weighted by Crippen LogP contribution is -2.36. The molecule has 0 heterocycles. The fraction of sp³-hybridized carbons (Fsp3) is 0.500. The maximum atomic E-state index is 3.54. The Morgan fingerprint density at radius 1 is 1.18 bits per heavy atom. The molecule has 1 aromatic carbocycles. The van der Waals surface area contributed by atoms with Gasteiger partial charge in [-0.2, -0.15) is 0 Å². The SMILES string of the molecule is CC(C)(C)NCCCC1=CCc2ccccc21. The highest BCUT2D eigenvalue weighted by Gasteiger charge is 2.13. The Morgan fingerprint density at radius 2 is 1.94 bits per heavy atom. The van der Waals surface area contributed by atoms with Crippen molar-refractivity contribution in [2.45, 2.75) is 45.6 Å². The molecule has 1 N–H and O–H groups in total. The molecular formula is C16H23N. The van der Waals surface area contributed by atoms with Gasteiger partial charge in [0.25, 0.3) is 0 Å². The van der Waals surface area contributed by atoms with Crippen molar-refractivity contribution in [1.82, 2.24) is 5.32 Å². The fourth-order valence-corrected chi connectivity index (χ4v) is 2.33. The summed E-state index contributed by atoms with van der Waals surface area (Å²) in [4.78, 5) is 0. The van der Waals surface area contributed by atoms with Crippen LogP contribution in [0.25, 0.3) is 5.57 Å². The number of fused-ring (bicyclic) bond motifs is 1. The van der Waals surface area contributed by atoms with Crippen molar-refractivity contribution in [2.24, 2.45) is 0 Å². The van der Waals surface area contributed by atoms with E-state index >= 15 is 0 Å². The standard InChI is InChI=1S/C16H23N/c1-16(2,3)17-12-6-8-14-11-10-13-7-4-5-9-15(13)14/h4-5,7,9,11,17H,6,8,10,12H2,1-3H3. The molecule has 1 aliphatic rings. The van der Waals surface area contributed by atoms with Crippen LogP contribution in [0.4, 0.5) is 0 Å². The Bertz CT molecular complexity index is 410. The Morgan fingerprint density at radius 3 is 2.71 bits per heavy atom. The summed E-state index contributed by atoms with van der Waals surface area (Å²) in [6.07, 6.45) is 5.93. The Hall–Kier alpha value is -1.08. The van der Waals surface area contributed by atoms with Gasteiger partial charge >= 0.3 is 0 Å². The Kier molecular flexibility index (Phi) is 3.68. The van der Waals surface area contributed by atoms with E-state index in [9.17, 15) is 0 Å². The second-order valence-corrected chi connectivity index (χ2v) is 5.87. The lowest BCUT2D eigenvalue weighted by molar-refractivity contribution is 0.424. The molecule has 1 aromatic rings. The van der Waals surface area contributed by atoms with Gasteiger partial charge in [0.2, 0.25) is 0 Å². The van der Waals surface area contributed by atoms with Crippen LogP contribution in [-0.4, -0.2) is 12.1 Å². The molecule has 0 amide bonds. The zero-order valence-electron chi connectivity index (χ0n) is 11.2. The van der Waals surface area contributed by atoms with Gasteiger partial charge in [-0.05, 0) is 63.3 Å². The van der Waals surface area contributed by atoms with Crippen LogP contribution >= 0.6 is 0 Å². The molecule has 0 bridgehead atoms. The first-order chi connectivity index (χ1) is 8.06. The van der Waals surface area contributed by atoms with E-state index in [2.05, 4.69) is 56.4 Å². The van der Waals surface area contributed by atoms with Gasteiger partial charge in [-0.3, -0.25) is 0 Å². The van der Waals surface area contributed by atoms with Gasteiger partial charge in [-0.1, -0.05) is 30.3 Å². The smallest absolute Gasteiger partial charge is 0.00965 e. The first-order valence-electron chi connectivity index (χ1n) is 6.58. The molecule has 0 atom stereocenters. The highest BCUT2D eigenvalue weighted by molar-refractivity contribution is 5.72. The topological polar surface area (TPSA) is 12.0 Å². The van der Waals surface area contributed by atoms with Gasteiger partial charge in [0.15, 0.2) is 0 Å². The fourth-order valence-electron chi connectivity index (χ4n) is 2.33. The van der Waals surface area contributed by atoms with E-state index < -0.39 is 0 Å². The number of hydrogen-bond acceptors (Lipinski definition) is 1. The van der Waals surface area contributed by atoms with Crippen molar-refractivity contribution < 1.29 is 0 Å². The van der Waals surface area contributed by atoms with Gasteiger partial charge in [-0.15, -0.1) is 0 Å². The van der Waals surface area contributed by atoms with E-state index in [-0.39, 0.29) is 5.54 Å². The highest BCUT2D eigenvalue weighted by Crippen LogP contribution is 2.30. The molecule has 2 rings (SSSR count). The summed E-state index contributed by atoms with van der Waals surface area (Å²) in [5.41, 5.74) is 4.74. The van der Waals surface area contributed by atoms with Crippen LogP contribution < -0.4 is 5.32 Å². The van der Waals surface area contributed by atoms with Gasteiger partial charge in [0.05, 0.1) is 0 Å². The molecule has 0 aromatic heterocycles. The monoisotopic (exact) mass is 229 g/mol. The first kappa shape index (κ1) is 12.4. The average Bonchev–Trinajstić information content (AvgIpc) is 2.67. The second kappa shape index (κ2) is 5.05. The molecule has 1 nitrogen and oxygen atoms in total. The molecule has 0 fully saturated rings. The Labute approximate surface area is 105 Å². The van der Waals surface area contributed by atoms with Crippen LogP contribution in [0.5, 0.6) is 0 Å². The minimum absolute atomic E-state index is 0.238. The van der Waals surface area contributed by atoms with Crippen LogP contribution in [0, 0.1) is 0 Å². The van der Waals surface area contributed by atoms with E-state index in [4.69, 9.17) is 0 Å². The van der Waals surface area contributed by atoms with E-state index in [1.807, 2.05) is 0 Å². The lowest BCUT2D eigenvalue weighted by atomic mass is 10.0. The molecule has 1 aliphatic carbocycles. The van der Waals surface area contributed by atoms with Crippen molar-refractivity contribution >= 4 is 5.57 Å². The largest absolute Gasteiger partial charge is 0.312 e. The zero-order valence-corrected chi connectivity index (χ0v) is 11.2.